The fraction of sp³-hybridized carbons (Fsp3) is 0.667. The molecule has 0 unspecified atom stereocenters. The minimum Gasteiger partial charge on any atom is -0.476 e. The van der Waals surface area contributed by atoms with E-state index in [1.54, 1.807) is 5.38 Å². The highest BCUT2D eigenvalue weighted by Gasteiger charge is 2.10. The summed E-state index contributed by atoms with van der Waals surface area (Å²) in [6.45, 7) is 6.34. The lowest BCUT2D eigenvalue weighted by atomic mass is 10.3. The largest absolute Gasteiger partial charge is 0.476 e. The number of thiazole rings is 1. The molecular weight excluding hydrogens is 266 g/mol. The lowest BCUT2D eigenvalue weighted by molar-refractivity contribution is 0.0374. The van der Waals surface area contributed by atoms with Crippen LogP contribution in [0.1, 0.15) is 21.9 Å². The molecule has 19 heavy (non-hydrogen) atoms. The van der Waals surface area contributed by atoms with Gasteiger partial charge in [-0.15, -0.1) is 11.3 Å². The van der Waals surface area contributed by atoms with Crippen LogP contribution in [0.15, 0.2) is 5.38 Å². The van der Waals surface area contributed by atoms with E-state index >= 15 is 0 Å². The maximum Gasteiger partial charge on any atom is 0.365 e. The summed E-state index contributed by atoms with van der Waals surface area (Å²) in [4.78, 5) is 17.1. The Labute approximate surface area is 116 Å². The molecule has 0 radical (unpaired) electrons. The van der Waals surface area contributed by atoms with E-state index in [-0.39, 0.29) is 5.01 Å². The number of rotatable bonds is 7. The van der Waals surface area contributed by atoms with Crippen molar-refractivity contribution in [1.29, 1.82) is 0 Å². The van der Waals surface area contributed by atoms with Crippen LogP contribution in [0.5, 0.6) is 0 Å². The molecule has 0 atom stereocenters. The van der Waals surface area contributed by atoms with Crippen molar-refractivity contribution in [2.24, 2.45) is 0 Å². The van der Waals surface area contributed by atoms with Gasteiger partial charge < -0.3 is 15.2 Å². The third-order valence-electron chi connectivity index (χ3n) is 2.97. The zero-order valence-electron chi connectivity index (χ0n) is 10.8. The molecule has 2 heterocycles. The highest BCUT2D eigenvalue weighted by Crippen LogP contribution is 2.09. The zero-order chi connectivity index (χ0) is 13.5. The number of carboxylic acids is 1. The van der Waals surface area contributed by atoms with E-state index in [1.807, 2.05) is 0 Å². The van der Waals surface area contributed by atoms with Crippen molar-refractivity contribution in [3.05, 3.63) is 16.1 Å². The van der Waals surface area contributed by atoms with E-state index < -0.39 is 5.97 Å². The molecule has 1 saturated heterocycles. The molecule has 0 spiro atoms. The van der Waals surface area contributed by atoms with Gasteiger partial charge in [-0.2, -0.15) is 0 Å². The standard InChI is InChI=1S/C12H19N3O3S/c16-12(17)11-14-10(9-19-11)8-13-2-1-3-15-4-6-18-7-5-15/h9,13H,1-8H2,(H,16,17). The van der Waals surface area contributed by atoms with Crippen molar-refractivity contribution in [3.63, 3.8) is 0 Å². The molecule has 1 aliphatic heterocycles. The summed E-state index contributed by atoms with van der Waals surface area (Å²) >= 11 is 1.17. The number of hydrogen-bond acceptors (Lipinski definition) is 6. The Hall–Kier alpha value is -1.02. The normalized spacial score (nSPS) is 16.6. The second kappa shape index (κ2) is 7.54. The molecule has 7 heteroatoms. The van der Waals surface area contributed by atoms with Crippen LogP contribution in [0.25, 0.3) is 0 Å². The van der Waals surface area contributed by atoms with Gasteiger partial charge in [-0.3, -0.25) is 4.90 Å². The van der Waals surface area contributed by atoms with E-state index in [1.165, 1.54) is 11.3 Å². The SMILES string of the molecule is O=C(O)c1nc(CNCCCN2CCOCC2)cs1. The predicted molar refractivity (Wildman–Crippen MR) is 72.7 cm³/mol. The van der Waals surface area contributed by atoms with Gasteiger partial charge in [0.15, 0.2) is 0 Å². The summed E-state index contributed by atoms with van der Waals surface area (Å²) in [5, 5.41) is 14.0. The Morgan fingerprint density at radius 3 is 3.00 bits per heavy atom. The summed E-state index contributed by atoms with van der Waals surface area (Å²) in [7, 11) is 0. The fourth-order valence-corrected chi connectivity index (χ4v) is 2.61. The number of morpholine rings is 1. The monoisotopic (exact) mass is 285 g/mol. The molecule has 0 aromatic carbocycles. The molecule has 6 nitrogen and oxygen atoms in total. The summed E-state index contributed by atoms with van der Waals surface area (Å²) in [5.41, 5.74) is 0.800. The second-order valence-corrected chi connectivity index (χ2v) is 5.29. The van der Waals surface area contributed by atoms with Crippen molar-refractivity contribution in [2.45, 2.75) is 13.0 Å². The highest BCUT2D eigenvalue weighted by atomic mass is 32.1. The number of ether oxygens (including phenoxy) is 1. The van der Waals surface area contributed by atoms with Crippen LogP contribution in [0.3, 0.4) is 0 Å². The zero-order valence-corrected chi connectivity index (χ0v) is 11.6. The van der Waals surface area contributed by atoms with Gasteiger partial charge in [0.1, 0.15) is 0 Å². The average molecular weight is 285 g/mol. The fourth-order valence-electron chi connectivity index (χ4n) is 1.96. The quantitative estimate of drug-likeness (QED) is 0.717. The van der Waals surface area contributed by atoms with E-state index in [9.17, 15) is 4.79 Å². The molecule has 1 aromatic heterocycles. The van der Waals surface area contributed by atoms with Crippen LogP contribution >= 0.6 is 11.3 Å². The lowest BCUT2D eigenvalue weighted by Gasteiger charge is -2.26. The van der Waals surface area contributed by atoms with Gasteiger partial charge in [0.25, 0.3) is 0 Å². The Balaban J connectivity index is 1.57. The third-order valence-corrected chi connectivity index (χ3v) is 3.85. The number of nitrogens with zero attached hydrogens (tertiary/aromatic N) is 2. The maximum atomic E-state index is 10.7. The van der Waals surface area contributed by atoms with Gasteiger partial charge in [0.2, 0.25) is 5.01 Å². The van der Waals surface area contributed by atoms with Crippen LogP contribution in [0.2, 0.25) is 0 Å². The number of carbonyl (C=O) groups is 1. The highest BCUT2D eigenvalue weighted by molar-refractivity contribution is 7.11. The van der Waals surface area contributed by atoms with Crippen molar-refractivity contribution in [3.8, 4) is 0 Å². The van der Waals surface area contributed by atoms with Crippen LogP contribution in [-0.4, -0.2) is 60.4 Å². The Kier molecular flexibility index (Phi) is 5.71. The Morgan fingerprint density at radius 1 is 1.53 bits per heavy atom. The number of aromatic carboxylic acids is 1. The minimum absolute atomic E-state index is 0.158. The van der Waals surface area contributed by atoms with E-state index in [4.69, 9.17) is 9.84 Å². The van der Waals surface area contributed by atoms with Gasteiger partial charge in [-0.1, -0.05) is 0 Å². The van der Waals surface area contributed by atoms with Crippen molar-refractivity contribution in [2.75, 3.05) is 39.4 Å². The van der Waals surface area contributed by atoms with Gasteiger partial charge in [0, 0.05) is 25.0 Å². The van der Waals surface area contributed by atoms with Gasteiger partial charge >= 0.3 is 5.97 Å². The molecule has 1 fully saturated rings. The first-order valence-electron chi connectivity index (χ1n) is 6.44. The van der Waals surface area contributed by atoms with Gasteiger partial charge in [-0.25, -0.2) is 9.78 Å². The molecule has 0 aliphatic carbocycles. The first-order valence-corrected chi connectivity index (χ1v) is 7.32. The number of carboxylic acid groups (broad SMARTS) is 1. The topological polar surface area (TPSA) is 74.7 Å². The summed E-state index contributed by atoms with van der Waals surface area (Å²) in [6, 6.07) is 0. The Bertz CT molecular complexity index is 405. The lowest BCUT2D eigenvalue weighted by Crippen LogP contribution is -2.37. The number of hydrogen-bond donors (Lipinski definition) is 2. The van der Waals surface area contributed by atoms with E-state index in [0.29, 0.717) is 6.54 Å². The summed E-state index contributed by atoms with van der Waals surface area (Å²) < 4.78 is 5.29. The summed E-state index contributed by atoms with van der Waals surface area (Å²) in [5.74, 6) is -0.955. The molecule has 0 saturated carbocycles. The van der Waals surface area contributed by atoms with Gasteiger partial charge in [0.05, 0.1) is 18.9 Å². The van der Waals surface area contributed by atoms with Crippen LogP contribution in [-0.2, 0) is 11.3 Å². The van der Waals surface area contributed by atoms with Crippen LogP contribution in [0, 0.1) is 0 Å². The predicted octanol–water partition coefficient (Wildman–Crippen LogP) is 0.653. The molecule has 106 valence electrons. The Morgan fingerprint density at radius 2 is 2.32 bits per heavy atom. The molecule has 1 aliphatic rings. The van der Waals surface area contributed by atoms with E-state index in [2.05, 4.69) is 15.2 Å². The minimum atomic E-state index is -0.955. The van der Waals surface area contributed by atoms with E-state index in [0.717, 1.165) is 51.5 Å². The van der Waals surface area contributed by atoms with Crippen molar-refractivity contribution < 1.29 is 14.6 Å². The summed E-state index contributed by atoms with van der Waals surface area (Å²) in [6.07, 6.45) is 1.08. The molecule has 0 amide bonds. The second-order valence-electron chi connectivity index (χ2n) is 4.43. The molecule has 0 bridgehead atoms. The van der Waals surface area contributed by atoms with Crippen LogP contribution in [0.4, 0.5) is 0 Å². The molecule has 1 aromatic rings. The molecule has 2 rings (SSSR count). The molecular formula is C12H19N3O3S. The third kappa shape index (κ3) is 4.87. The first kappa shape index (κ1) is 14.4. The molecule has 2 N–H and O–H groups in total. The van der Waals surface area contributed by atoms with Crippen LogP contribution < -0.4 is 5.32 Å². The van der Waals surface area contributed by atoms with Crippen molar-refractivity contribution in [1.82, 2.24) is 15.2 Å². The van der Waals surface area contributed by atoms with Gasteiger partial charge in [-0.05, 0) is 19.5 Å². The number of nitrogens with one attached hydrogen (secondary N) is 1. The number of aromatic nitrogens is 1. The van der Waals surface area contributed by atoms with Crippen molar-refractivity contribution >= 4 is 17.3 Å². The average Bonchev–Trinajstić information content (AvgIpc) is 2.89. The maximum absolute atomic E-state index is 10.7. The smallest absolute Gasteiger partial charge is 0.365 e. The first-order chi connectivity index (χ1) is 9.25.